The fourth-order valence-electron chi connectivity index (χ4n) is 2.41. The Morgan fingerprint density at radius 1 is 1.29 bits per heavy atom. The number of fused-ring (bicyclic) bond motifs is 1. The standard InChI is InChI=1S/C15H18N4O2/c1-15(2,3)21-14(20)18-9-11-5-4-6-13(12(11)10-18)19-8-7-16-17-19/h4-8H,9-10H2,1-3H3. The van der Waals surface area contributed by atoms with Crippen LogP contribution in [0.5, 0.6) is 0 Å². The average molecular weight is 286 g/mol. The van der Waals surface area contributed by atoms with Gasteiger partial charge in [-0.1, -0.05) is 17.3 Å². The molecule has 3 rings (SSSR count). The van der Waals surface area contributed by atoms with Crippen molar-refractivity contribution in [1.29, 1.82) is 0 Å². The molecule has 2 aromatic rings. The Kier molecular flexibility index (Phi) is 3.16. The van der Waals surface area contributed by atoms with E-state index in [0.29, 0.717) is 13.1 Å². The first-order chi connectivity index (χ1) is 9.94. The zero-order valence-corrected chi connectivity index (χ0v) is 12.4. The first kappa shape index (κ1) is 13.6. The summed E-state index contributed by atoms with van der Waals surface area (Å²) in [6.07, 6.45) is 3.15. The summed E-state index contributed by atoms with van der Waals surface area (Å²) in [5.41, 5.74) is 2.68. The lowest BCUT2D eigenvalue weighted by molar-refractivity contribution is 0.0242. The molecule has 0 unspecified atom stereocenters. The number of hydrogen-bond donors (Lipinski definition) is 0. The molecule has 0 fully saturated rings. The van der Waals surface area contributed by atoms with Gasteiger partial charge in [0.25, 0.3) is 0 Å². The molecule has 0 aliphatic carbocycles. The Morgan fingerprint density at radius 2 is 2.10 bits per heavy atom. The van der Waals surface area contributed by atoms with Gasteiger partial charge in [0.2, 0.25) is 0 Å². The predicted molar refractivity (Wildman–Crippen MR) is 76.8 cm³/mol. The summed E-state index contributed by atoms with van der Waals surface area (Å²) in [6, 6.07) is 5.97. The second kappa shape index (κ2) is 4.87. The lowest BCUT2D eigenvalue weighted by atomic mass is 10.1. The van der Waals surface area contributed by atoms with Crippen LogP contribution >= 0.6 is 0 Å². The van der Waals surface area contributed by atoms with E-state index >= 15 is 0 Å². The van der Waals surface area contributed by atoms with Crippen LogP contribution in [0.15, 0.2) is 30.6 Å². The first-order valence-electron chi connectivity index (χ1n) is 6.89. The maximum atomic E-state index is 12.2. The number of benzene rings is 1. The molecule has 0 N–H and O–H groups in total. The second-order valence-electron chi connectivity index (χ2n) is 6.10. The third kappa shape index (κ3) is 2.74. The molecule has 0 radical (unpaired) electrons. The molecule has 0 spiro atoms. The van der Waals surface area contributed by atoms with Gasteiger partial charge < -0.3 is 4.74 Å². The third-order valence-corrected chi connectivity index (χ3v) is 3.28. The summed E-state index contributed by atoms with van der Waals surface area (Å²) in [4.78, 5) is 13.9. The maximum absolute atomic E-state index is 12.2. The van der Waals surface area contributed by atoms with Gasteiger partial charge in [-0.15, -0.1) is 5.10 Å². The van der Waals surface area contributed by atoms with Gasteiger partial charge >= 0.3 is 6.09 Å². The number of carbonyl (C=O) groups excluding carboxylic acids is 1. The highest BCUT2D eigenvalue weighted by molar-refractivity contribution is 5.70. The molecule has 1 amide bonds. The molecule has 6 nitrogen and oxygen atoms in total. The van der Waals surface area contributed by atoms with Gasteiger partial charge in [0.1, 0.15) is 5.60 Å². The van der Waals surface area contributed by atoms with Crippen LogP contribution in [0.2, 0.25) is 0 Å². The molecule has 2 heterocycles. The fraction of sp³-hybridized carbons (Fsp3) is 0.400. The van der Waals surface area contributed by atoms with Crippen molar-refractivity contribution in [2.75, 3.05) is 0 Å². The minimum atomic E-state index is -0.486. The first-order valence-corrected chi connectivity index (χ1v) is 6.89. The molecular weight excluding hydrogens is 268 g/mol. The summed E-state index contributed by atoms with van der Waals surface area (Å²) < 4.78 is 7.16. The van der Waals surface area contributed by atoms with Crippen molar-refractivity contribution in [2.45, 2.75) is 39.5 Å². The number of aromatic nitrogens is 3. The molecule has 0 bridgehead atoms. The Labute approximate surface area is 123 Å². The molecule has 110 valence electrons. The van der Waals surface area contributed by atoms with E-state index in [-0.39, 0.29) is 6.09 Å². The summed E-state index contributed by atoms with van der Waals surface area (Å²) >= 11 is 0. The molecule has 0 saturated heterocycles. The van der Waals surface area contributed by atoms with E-state index in [1.807, 2.05) is 39.0 Å². The van der Waals surface area contributed by atoms with Crippen LogP contribution in [0.1, 0.15) is 31.9 Å². The van der Waals surface area contributed by atoms with E-state index in [1.54, 1.807) is 22.0 Å². The fourth-order valence-corrected chi connectivity index (χ4v) is 2.41. The summed E-state index contributed by atoms with van der Waals surface area (Å²) in [5, 5.41) is 7.86. The van der Waals surface area contributed by atoms with Crippen molar-refractivity contribution in [3.8, 4) is 5.69 Å². The summed E-state index contributed by atoms with van der Waals surface area (Å²) in [5.74, 6) is 0. The number of nitrogens with zero attached hydrogens (tertiary/aromatic N) is 4. The zero-order valence-electron chi connectivity index (χ0n) is 12.4. The van der Waals surface area contributed by atoms with Gasteiger partial charge in [-0.2, -0.15) is 0 Å². The Bertz CT molecular complexity index is 659. The van der Waals surface area contributed by atoms with E-state index in [0.717, 1.165) is 16.8 Å². The molecule has 0 atom stereocenters. The van der Waals surface area contributed by atoms with Crippen LogP contribution < -0.4 is 0 Å². The van der Waals surface area contributed by atoms with E-state index in [1.165, 1.54) is 0 Å². The van der Waals surface area contributed by atoms with Crippen LogP contribution in [0.4, 0.5) is 4.79 Å². The Hall–Kier alpha value is -2.37. The van der Waals surface area contributed by atoms with Gasteiger partial charge in [0.15, 0.2) is 0 Å². The molecule has 1 aromatic heterocycles. The summed E-state index contributed by atoms with van der Waals surface area (Å²) in [6.45, 7) is 6.70. The Balaban J connectivity index is 1.85. The monoisotopic (exact) mass is 286 g/mol. The highest BCUT2D eigenvalue weighted by atomic mass is 16.6. The largest absolute Gasteiger partial charge is 0.444 e. The third-order valence-electron chi connectivity index (χ3n) is 3.28. The second-order valence-corrected chi connectivity index (χ2v) is 6.10. The van der Waals surface area contributed by atoms with Gasteiger partial charge in [-0.25, -0.2) is 9.48 Å². The van der Waals surface area contributed by atoms with E-state index in [2.05, 4.69) is 10.3 Å². The number of rotatable bonds is 1. The predicted octanol–water partition coefficient (Wildman–Crippen LogP) is 2.52. The lowest BCUT2D eigenvalue weighted by Crippen LogP contribution is -2.33. The normalized spacial score (nSPS) is 14.1. The van der Waals surface area contributed by atoms with Crippen molar-refractivity contribution >= 4 is 6.09 Å². The van der Waals surface area contributed by atoms with E-state index < -0.39 is 5.60 Å². The number of amides is 1. The highest BCUT2D eigenvalue weighted by Gasteiger charge is 2.29. The molecular formula is C15H18N4O2. The lowest BCUT2D eigenvalue weighted by Gasteiger charge is -2.24. The van der Waals surface area contributed by atoms with Crippen LogP contribution in [-0.2, 0) is 17.8 Å². The molecule has 1 aliphatic rings. The van der Waals surface area contributed by atoms with Gasteiger partial charge in [0, 0.05) is 12.1 Å². The highest BCUT2D eigenvalue weighted by Crippen LogP contribution is 2.29. The zero-order chi connectivity index (χ0) is 15.0. The maximum Gasteiger partial charge on any atom is 0.410 e. The number of carbonyl (C=O) groups is 1. The van der Waals surface area contributed by atoms with Crippen molar-refractivity contribution in [3.05, 3.63) is 41.7 Å². The van der Waals surface area contributed by atoms with Crippen molar-refractivity contribution in [1.82, 2.24) is 19.9 Å². The number of ether oxygens (including phenoxy) is 1. The average Bonchev–Trinajstić information content (AvgIpc) is 3.05. The van der Waals surface area contributed by atoms with Crippen LogP contribution in [0.3, 0.4) is 0 Å². The van der Waals surface area contributed by atoms with Crippen LogP contribution in [0.25, 0.3) is 5.69 Å². The van der Waals surface area contributed by atoms with E-state index in [4.69, 9.17) is 4.74 Å². The van der Waals surface area contributed by atoms with Crippen LogP contribution in [-0.4, -0.2) is 31.6 Å². The quantitative estimate of drug-likeness (QED) is 0.808. The topological polar surface area (TPSA) is 60.2 Å². The van der Waals surface area contributed by atoms with E-state index in [9.17, 15) is 4.79 Å². The minimum absolute atomic E-state index is 0.289. The van der Waals surface area contributed by atoms with Gasteiger partial charge in [-0.05, 0) is 32.4 Å². The molecule has 1 aromatic carbocycles. The summed E-state index contributed by atoms with van der Waals surface area (Å²) in [7, 11) is 0. The van der Waals surface area contributed by atoms with Crippen molar-refractivity contribution in [3.63, 3.8) is 0 Å². The SMILES string of the molecule is CC(C)(C)OC(=O)N1Cc2cccc(-n3ccnn3)c2C1. The molecule has 21 heavy (non-hydrogen) atoms. The molecule has 0 saturated carbocycles. The van der Waals surface area contributed by atoms with Gasteiger partial charge in [0.05, 0.1) is 24.6 Å². The van der Waals surface area contributed by atoms with Crippen LogP contribution in [0, 0.1) is 0 Å². The number of hydrogen-bond acceptors (Lipinski definition) is 4. The minimum Gasteiger partial charge on any atom is -0.444 e. The van der Waals surface area contributed by atoms with Crippen molar-refractivity contribution < 1.29 is 9.53 Å². The Morgan fingerprint density at radius 3 is 2.76 bits per heavy atom. The van der Waals surface area contributed by atoms with Gasteiger partial charge in [-0.3, -0.25) is 4.90 Å². The molecule has 1 aliphatic heterocycles. The smallest absolute Gasteiger partial charge is 0.410 e. The molecule has 6 heteroatoms. The van der Waals surface area contributed by atoms with Crippen molar-refractivity contribution in [2.24, 2.45) is 0 Å².